The molecule has 14 heavy (non-hydrogen) atoms. The Morgan fingerprint density at radius 2 is 2.50 bits per heavy atom. The number of hydrogen-bond acceptors (Lipinski definition) is 4. The summed E-state index contributed by atoms with van der Waals surface area (Å²) >= 11 is 0. The maximum atomic E-state index is 4.34. The van der Waals surface area contributed by atoms with Crippen molar-refractivity contribution >= 4 is 5.82 Å². The van der Waals surface area contributed by atoms with E-state index in [1.807, 2.05) is 6.20 Å². The molecule has 4 heteroatoms. The number of aromatic nitrogens is 2. The molecule has 1 unspecified atom stereocenters. The average molecular weight is 192 g/mol. The smallest absolute Gasteiger partial charge is 0.147 e. The number of rotatable bonds is 2. The highest BCUT2D eigenvalue weighted by molar-refractivity contribution is 5.37. The standard InChI is InChI=1S/C10H16N4/c1-2-9-7-12-5-6-14(9)10-8-11-3-4-13-10/h3-4,8-9,12H,2,5-7H2,1H3. The van der Waals surface area contributed by atoms with Gasteiger partial charge in [-0.15, -0.1) is 0 Å². The van der Waals surface area contributed by atoms with Crippen molar-refractivity contribution in [2.45, 2.75) is 19.4 Å². The van der Waals surface area contributed by atoms with Crippen LogP contribution >= 0.6 is 0 Å². The predicted molar refractivity (Wildman–Crippen MR) is 56.3 cm³/mol. The topological polar surface area (TPSA) is 41.0 Å². The number of anilines is 1. The second-order valence-electron chi connectivity index (χ2n) is 3.52. The zero-order chi connectivity index (χ0) is 9.80. The number of nitrogens with one attached hydrogen (secondary N) is 1. The van der Waals surface area contributed by atoms with Crippen LogP contribution in [0.4, 0.5) is 5.82 Å². The number of hydrogen-bond donors (Lipinski definition) is 1. The third-order valence-electron chi connectivity index (χ3n) is 2.67. The molecule has 1 atom stereocenters. The Morgan fingerprint density at radius 3 is 3.21 bits per heavy atom. The lowest BCUT2D eigenvalue weighted by molar-refractivity contribution is 0.462. The first-order valence-electron chi connectivity index (χ1n) is 5.15. The van der Waals surface area contributed by atoms with Crippen molar-refractivity contribution in [1.29, 1.82) is 0 Å². The van der Waals surface area contributed by atoms with Gasteiger partial charge in [0.05, 0.1) is 6.20 Å². The third-order valence-corrected chi connectivity index (χ3v) is 2.67. The molecule has 0 bridgehead atoms. The van der Waals surface area contributed by atoms with Gasteiger partial charge in [0.15, 0.2) is 0 Å². The maximum absolute atomic E-state index is 4.34. The third kappa shape index (κ3) is 1.85. The van der Waals surface area contributed by atoms with Crippen LogP contribution in [0.2, 0.25) is 0 Å². The molecule has 2 rings (SSSR count). The Bertz CT molecular complexity index is 275. The molecule has 1 aliphatic heterocycles. The van der Waals surface area contributed by atoms with Crippen LogP contribution < -0.4 is 10.2 Å². The summed E-state index contributed by atoms with van der Waals surface area (Å²) in [4.78, 5) is 10.8. The van der Waals surface area contributed by atoms with Gasteiger partial charge in [0, 0.05) is 38.1 Å². The number of nitrogens with zero attached hydrogens (tertiary/aromatic N) is 3. The van der Waals surface area contributed by atoms with E-state index in [1.165, 1.54) is 0 Å². The molecule has 1 aliphatic rings. The summed E-state index contributed by atoms with van der Waals surface area (Å²) in [7, 11) is 0. The van der Waals surface area contributed by atoms with E-state index in [-0.39, 0.29) is 0 Å². The van der Waals surface area contributed by atoms with E-state index in [0.29, 0.717) is 6.04 Å². The van der Waals surface area contributed by atoms with E-state index in [2.05, 4.69) is 27.1 Å². The summed E-state index contributed by atoms with van der Waals surface area (Å²) in [5.41, 5.74) is 0. The first kappa shape index (κ1) is 9.40. The van der Waals surface area contributed by atoms with Gasteiger partial charge in [0.2, 0.25) is 0 Å². The molecule has 0 aromatic carbocycles. The van der Waals surface area contributed by atoms with Gasteiger partial charge in [-0.25, -0.2) is 4.98 Å². The SMILES string of the molecule is CCC1CNCCN1c1cnccn1. The molecule has 1 fully saturated rings. The van der Waals surface area contributed by atoms with Gasteiger partial charge in [-0.1, -0.05) is 6.92 Å². The summed E-state index contributed by atoms with van der Waals surface area (Å²) in [6, 6.07) is 0.556. The highest BCUT2D eigenvalue weighted by Crippen LogP contribution is 2.15. The predicted octanol–water partition coefficient (Wildman–Crippen LogP) is 0.665. The van der Waals surface area contributed by atoms with Gasteiger partial charge in [-0.05, 0) is 6.42 Å². The second kappa shape index (κ2) is 4.37. The quantitative estimate of drug-likeness (QED) is 0.747. The minimum Gasteiger partial charge on any atom is -0.350 e. The van der Waals surface area contributed by atoms with Crippen molar-refractivity contribution in [1.82, 2.24) is 15.3 Å². The molecule has 4 nitrogen and oxygen atoms in total. The van der Waals surface area contributed by atoms with Crippen LogP contribution in [-0.2, 0) is 0 Å². The van der Waals surface area contributed by atoms with E-state index >= 15 is 0 Å². The fourth-order valence-corrected chi connectivity index (χ4v) is 1.87. The largest absolute Gasteiger partial charge is 0.350 e. The van der Waals surface area contributed by atoms with Crippen molar-refractivity contribution < 1.29 is 0 Å². The summed E-state index contributed by atoms with van der Waals surface area (Å²) in [6.45, 7) is 5.32. The summed E-state index contributed by atoms with van der Waals surface area (Å²) in [6.07, 6.45) is 6.45. The molecule has 0 radical (unpaired) electrons. The Hall–Kier alpha value is -1.16. The molecule has 1 saturated heterocycles. The van der Waals surface area contributed by atoms with E-state index in [9.17, 15) is 0 Å². The number of piperazine rings is 1. The van der Waals surface area contributed by atoms with Gasteiger partial charge < -0.3 is 10.2 Å². The van der Waals surface area contributed by atoms with Crippen LogP contribution in [0.15, 0.2) is 18.6 Å². The van der Waals surface area contributed by atoms with Crippen molar-refractivity contribution in [3.05, 3.63) is 18.6 Å². The Kier molecular flexibility index (Phi) is 2.93. The van der Waals surface area contributed by atoms with E-state index in [0.717, 1.165) is 31.9 Å². The van der Waals surface area contributed by atoms with E-state index in [4.69, 9.17) is 0 Å². The average Bonchev–Trinajstić information content (AvgIpc) is 2.30. The molecule has 0 amide bonds. The van der Waals surface area contributed by atoms with Gasteiger partial charge >= 0.3 is 0 Å². The molecule has 76 valence electrons. The first-order valence-corrected chi connectivity index (χ1v) is 5.15. The molecule has 2 heterocycles. The van der Waals surface area contributed by atoms with Gasteiger partial charge in [-0.2, -0.15) is 0 Å². The monoisotopic (exact) mass is 192 g/mol. The van der Waals surface area contributed by atoms with Gasteiger partial charge in [0.25, 0.3) is 0 Å². The highest BCUT2D eigenvalue weighted by Gasteiger charge is 2.21. The molecule has 0 saturated carbocycles. The molecular weight excluding hydrogens is 176 g/mol. The van der Waals surface area contributed by atoms with Gasteiger partial charge in [-0.3, -0.25) is 4.98 Å². The molecule has 1 N–H and O–H groups in total. The minimum atomic E-state index is 0.556. The first-order chi connectivity index (χ1) is 6.92. The van der Waals surface area contributed by atoms with Crippen molar-refractivity contribution in [2.75, 3.05) is 24.5 Å². The Labute approximate surface area is 84.4 Å². The second-order valence-corrected chi connectivity index (χ2v) is 3.52. The summed E-state index contributed by atoms with van der Waals surface area (Å²) < 4.78 is 0. The Morgan fingerprint density at radius 1 is 1.57 bits per heavy atom. The normalized spacial score (nSPS) is 22.4. The molecule has 0 spiro atoms. The van der Waals surface area contributed by atoms with Crippen molar-refractivity contribution in [2.24, 2.45) is 0 Å². The van der Waals surface area contributed by atoms with Crippen LogP contribution in [0, 0.1) is 0 Å². The molecule has 1 aromatic heterocycles. The van der Waals surface area contributed by atoms with Crippen LogP contribution in [0.3, 0.4) is 0 Å². The lowest BCUT2D eigenvalue weighted by Crippen LogP contribution is -2.51. The van der Waals surface area contributed by atoms with Crippen LogP contribution in [0.25, 0.3) is 0 Å². The molecule has 1 aromatic rings. The van der Waals surface area contributed by atoms with Crippen LogP contribution in [0.5, 0.6) is 0 Å². The van der Waals surface area contributed by atoms with Crippen molar-refractivity contribution in [3.8, 4) is 0 Å². The van der Waals surface area contributed by atoms with Gasteiger partial charge in [0.1, 0.15) is 5.82 Å². The minimum absolute atomic E-state index is 0.556. The van der Waals surface area contributed by atoms with E-state index < -0.39 is 0 Å². The zero-order valence-corrected chi connectivity index (χ0v) is 8.48. The lowest BCUT2D eigenvalue weighted by atomic mass is 10.1. The molecule has 0 aliphatic carbocycles. The fourth-order valence-electron chi connectivity index (χ4n) is 1.87. The fraction of sp³-hybridized carbons (Fsp3) is 0.600. The van der Waals surface area contributed by atoms with Crippen molar-refractivity contribution in [3.63, 3.8) is 0 Å². The highest BCUT2D eigenvalue weighted by atomic mass is 15.3. The summed E-state index contributed by atoms with van der Waals surface area (Å²) in [5, 5.41) is 3.40. The summed E-state index contributed by atoms with van der Waals surface area (Å²) in [5.74, 6) is 1.00. The molecular formula is C10H16N4. The van der Waals surface area contributed by atoms with Crippen LogP contribution in [-0.4, -0.2) is 35.6 Å². The zero-order valence-electron chi connectivity index (χ0n) is 8.48. The maximum Gasteiger partial charge on any atom is 0.147 e. The van der Waals surface area contributed by atoms with E-state index in [1.54, 1.807) is 12.4 Å². The van der Waals surface area contributed by atoms with Crippen LogP contribution in [0.1, 0.15) is 13.3 Å². The Balaban J connectivity index is 2.15. The lowest BCUT2D eigenvalue weighted by Gasteiger charge is -2.36.